The third kappa shape index (κ3) is 6.91. The van der Waals surface area contributed by atoms with Gasteiger partial charge in [-0.15, -0.1) is 0 Å². The Morgan fingerprint density at radius 3 is 2.53 bits per heavy atom. The van der Waals surface area contributed by atoms with Crippen molar-refractivity contribution < 1.29 is 4.74 Å². The van der Waals surface area contributed by atoms with Crippen molar-refractivity contribution in [1.29, 1.82) is 0 Å². The van der Waals surface area contributed by atoms with E-state index >= 15 is 0 Å². The zero-order valence-corrected chi connectivity index (χ0v) is 10.4. The molecule has 0 spiro atoms. The van der Waals surface area contributed by atoms with Gasteiger partial charge in [-0.2, -0.15) is 0 Å². The summed E-state index contributed by atoms with van der Waals surface area (Å²) in [6.45, 7) is 7.62. The van der Waals surface area contributed by atoms with Crippen LogP contribution in [-0.2, 0) is 0 Å². The lowest BCUT2D eigenvalue weighted by Gasteiger charge is -2.10. The molecule has 3 heteroatoms. The Balaban J connectivity index is 0.000000921. The van der Waals surface area contributed by atoms with E-state index in [9.17, 15) is 0 Å². The van der Waals surface area contributed by atoms with Gasteiger partial charge in [0.15, 0.2) is 0 Å². The number of ether oxygens (including phenoxy) is 1. The minimum atomic E-state index is 0.684. The number of hydrogen-bond donors (Lipinski definition) is 0. The number of aryl methyl sites for hydroxylation is 1. The van der Waals surface area contributed by atoms with Crippen LogP contribution in [0.2, 0.25) is 0 Å². The molecule has 0 atom stereocenters. The van der Waals surface area contributed by atoms with E-state index in [4.69, 9.17) is 4.74 Å². The summed E-state index contributed by atoms with van der Waals surface area (Å²) in [5.41, 5.74) is 1.18. The van der Waals surface area contributed by atoms with Gasteiger partial charge in [0, 0.05) is 18.8 Å². The molecule has 15 heavy (non-hydrogen) atoms. The molecule has 86 valence electrons. The SMILES string of the molecule is CC.Cc1ccnc(OCCN(C)C)c1. The Hall–Kier alpha value is -1.09. The topological polar surface area (TPSA) is 25.4 Å². The summed E-state index contributed by atoms with van der Waals surface area (Å²) in [6.07, 6.45) is 1.76. The monoisotopic (exact) mass is 210 g/mol. The van der Waals surface area contributed by atoms with E-state index in [0.29, 0.717) is 12.5 Å². The Labute approximate surface area is 93.1 Å². The van der Waals surface area contributed by atoms with Crippen LogP contribution in [0.15, 0.2) is 18.3 Å². The average molecular weight is 210 g/mol. The molecule has 0 aliphatic carbocycles. The molecule has 0 fully saturated rings. The van der Waals surface area contributed by atoms with Crippen LogP contribution in [0.4, 0.5) is 0 Å². The van der Waals surface area contributed by atoms with Gasteiger partial charge in [-0.25, -0.2) is 4.98 Å². The number of aromatic nitrogens is 1. The fourth-order valence-corrected chi connectivity index (χ4v) is 0.920. The number of pyridine rings is 1. The van der Waals surface area contributed by atoms with Gasteiger partial charge in [0.05, 0.1) is 0 Å². The third-order valence-corrected chi connectivity index (χ3v) is 1.68. The van der Waals surface area contributed by atoms with Crippen LogP contribution >= 0.6 is 0 Å². The molecule has 0 aromatic carbocycles. The summed E-state index contributed by atoms with van der Waals surface area (Å²) in [6, 6.07) is 3.90. The molecule has 1 aromatic rings. The summed E-state index contributed by atoms with van der Waals surface area (Å²) < 4.78 is 5.44. The van der Waals surface area contributed by atoms with Crippen molar-refractivity contribution in [2.24, 2.45) is 0 Å². The van der Waals surface area contributed by atoms with E-state index in [2.05, 4.69) is 9.88 Å². The molecule has 3 nitrogen and oxygen atoms in total. The largest absolute Gasteiger partial charge is 0.476 e. The molecule has 0 saturated carbocycles. The predicted octanol–water partition coefficient (Wildman–Crippen LogP) is 2.36. The van der Waals surface area contributed by atoms with Crippen LogP contribution in [0.3, 0.4) is 0 Å². The predicted molar refractivity (Wildman–Crippen MR) is 64.4 cm³/mol. The quantitative estimate of drug-likeness (QED) is 0.763. The van der Waals surface area contributed by atoms with Gasteiger partial charge in [0.25, 0.3) is 0 Å². The van der Waals surface area contributed by atoms with Gasteiger partial charge in [-0.1, -0.05) is 13.8 Å². The maximum atomic E-state index is 5.44. The van der Waals surface area contributed by atoms with Crippen LogP contribution in [0, 0.1) is 6.92 Å². The minimum Gasteiger partial charge on any atom is -0.476 e. The lowest BCUT2D eigenvalue weighted by atomic mass is 10.3. The van der Waals surface area contributed by atoms with Crippen molar-refractivity contribution in [2.75, 3.05) is 27.2 Å². The van der Waals surface area contributed by atoms with E-state index in [1.54, 1.807) is 6.20 Å². The Morgan fingerprint density at radius 1 is 1.33 bits per heavy atom. The second-order valence-electron chi connectivity index (χ2n) is 3.32. The molecule has 1 aromatic heterocycles. The molecule has 0 N–H and O–H groups in total. The van der Waals surface area contributed by atoms with Crippen molar-refractivity contribution in [2.45, 2.75) is 20.8 Å². The van der Waals surface area contributed by atoms with Crippen molar-refractivity contribution in [1.82, 2.24) is 9.88 Å². The second kappa shape index (κ2) is 8.24. The Kier molecular flexibility index (Phi) is 7.64. The van der Waals surface area contributed by atoms with Crippen molar-refractivity contribution in [3.05, 3.63) is 23.9 Å². The van der Waals surface area contributed by atoms with Crippen molar-refractivity contribution >= 4 is 0 Å². The van der Waals surface area contributed by atoms with Crippen molar-refractivity contribution in [3.8, 4) is 5.88 Å². The lowest BCUT2D eigenvalue weighted by Crippen LogP contribution is -2.19. The highest BCUT2D eigenvalue weighted by Crippen LogP contribution is 2.07. The first-order valence-electron chi connectivity index (χ1n) is 5.38. The van der Waals surface area contributed by atoms with E-state index in [-0.39, 0.29) is 0 Å². The standard InChI is InChI=1S/C10H16N2O.C2H6/c1-9-4-5-11-10(8-9)13-7-6-12(2)3;1-2/h4-5,8H,6-7H2,1-3H3;1-2H3. The smallest absolute Gasteiger partial charge is 0.213 e. The van der Waals surface area contributed by atoms with Crippen LogP contribution in [0.1, 0.15) is 19.4 Å². The van der Waals surface area contributed by atoms with Crippen LogP contribution in [0.5, 0.6) is 5.88 Å². The van der Waals surface area contributed by atoms with E-state index in [0.717, 1.165) is 6.54 Å². The molecule has 0 unspecified atom stereocenters. The number of hydrogen-bond acceptors (Lipinski definition) is 3. The fourth-order valence-electron chi connectivity index (χ4n) is 0.920. The second-order valence-corrected chi connectivity index (χ2v) is 3.32. The molecular weight excluding hydrogens is 188 g/mol. The molecule has 1 rings (SSSR count). The Morgan fingerprint density at radius 2 is 2.00 bits per heavy atom. The van der Waals surface area contributed by atoms with Gasteiger partial charge in [0.1, 0.15) is 6.61 Å². The fraction of sp³-hybridized carbons (Fsp3) is 0.583. The highest BCUT2D eigenvalue weighted by Gasteiger charge is 1.95. The highest BCUT2D eigenvalue weighted by molar-refractivity contribution is 5.18. The van der Waals surface area contributed by atoms with Crippen molar-refractivity contribution in [3.63, 3.8) is 0 Å². The van der Waals surface area contributed by atoms with Gasteiger partial charge >= 0.3 is 0 Å². The summed E-state index contributed by atoms with van der Waals surface area (Å²) >= 11 is 0. The highest BCUT2D eigenvalue weighted by atomic mass is 16.5. The van der Waals surface area contributed by atoms with Gasteiger partial charge in [0.2, 0.25) is 5.88 Å². The maximum absolute atomic E-state index is 5.44. The van der Waals surface area contributed by atoms with E-state index < -0.39 is 0 Å². The minimum absolute atomic E-state index is 0.684. The summed E-state index contributed by atoms with van der Waals surface area (Å²) in [5, 5.41) is 0. The molecule has 1 heterocycles. The molecule has 0 amide bonds. The van der Waals surface area contributed by atoms with E-state index in [1.165, 1.54) is 5.56 Å². The van der Waals surface area contributed by atoms with E-state index in [1.807, 2.05) is 47.0 Å². The Bertz CT molecular complexity index is 262. The van der Waals surface area contributed by atoms with Gasteiger partial charge in [-0.3, -0.25) is 0 Å². The van der Waals surface area contributed by atoms with Crippen LogP contribution in [0.25, 0.3) is 0 Å². The average Bonchev–Trinajstić information content (AvgIpc) is 2.20. The lowest BCUT2D eigenvalue weighted by molar-refractivity contribution is 0.254. The van der Waals surface area contributed by atoms with Crippen LogP contribution in [-0.4, -0.2) is 37.1 Å². The molecule has 0 radical (unpaired) electrons. The summed E-state index contributed by atoms with van der Waals surface area (Å²) in [4.78, 5) is 6.17. The molecular formula is C12H22N2O. The number of likely N-dealkylation sites (N-methyl/N-ethyl adjacent to an activating group) is 1. The summed E-state index contributed by atoms with van der Waals surface area (Å²) in [5.74, 6) is 0.710. The summed E-state index contributed by atoms with van der Waals surface area (Å²) in [7, 11) is 4.04. The number of nitrogens with zero attached hydrogens (tertiary/aromatic N) is 2. The maximum Gasteiger partial charge on any atom is 0.213 e. The molecule has 0 saturated heterocycles. The van der Waals surface area contributed by atoms with Gasteiger partial charge < -0.3 is 9.64 Å². The van der Waals surface area contributed by atoms with Gasteiger partial charge in [-0.05, 0) is 32.6 Å². The molecule has 0 bridgehead atoms. The molecule has 0 aliphatic heterocycles. The molecule has 0 aliphatic rings. The normalized spacial score (nSPS) is 9.47. The number of rotatable bonds is 4. The first-order chi connectivity index (χ1) is 7.18. The third-order valence-electron chi connectivity index (χ3n) is 1.68. The first-order valence-corrected chi connectivity index (χ1v) is 5.38. The first kappa shape index (κ1) is 13.9. The zero-order valence-electron chi connectivity index (χ0n) is 10.4. The zero-order chi connectivity index (χ0) is 11.7. The van der Waals surface area contributed by atoms with Crippen LogP contribution < -0.4 is 4.74 Å².